The molecule has 1 aliphatic rings. The normalized spacial score (nSPS) is 15.3. The Hall–Kier alpha value is -2.81. The number of amides is 1. The number of hydrogen-bond acceptors (Lipinski definition) is 5. The van der Waals surface area contributed by atoms with Crippen molar-refractivity contribution >= 4 is 26.7 Å². The lowest BCUT2D eigenvalue weighted by molar-refractivity contribution is -0.131. The van der Waals surface area contributed by atoms with Crippen LogP contribution in [0.3, 0.4) is 0 Å². The smallest absolute Gasteiger partial charge is 0.241 e. The summed E-state index contributed by atoms with van der Waals surface area (Å²) in [5, 5.41) is 1.32. The highest BCUT2D eigenvalue weighted by atomic mass is 32.2. The third-order valence-electron chi connectivity index (χ3n) is 5.60. The molecule has 4 rings (SSSR count). The first kappa shape index (κ1) is 21.4. The van der Waals surface area contributed by atoms with Gasteiger partial charge in [-0.2, -0.15) is 0 Å². The van der Waals surface area contributed by atoms with Gasteiger partial charge in [0.15, 0.2) is 0 Å². The van der Waals surface area contributed by atoms with E-state index < -0.39 is 10.0 Å². The zero-order valence-corrected chi connectivity index (χ0v) is 18.3. The van der Waals surface area contributed by atoms with Crippen molar-refractivity contribution in [1.29, 1.82) is 0 Å². The Morgan fingerprint density at radius 1 is 1.03 bits per heavy atom. The largest absolute Gasteiger partial charge is 0.339 e. The average molecular weight is 439 g/mol. The minimum Gasteiger partial charge on any atom is -0.339 e. The fraction of sp³-hybridized carbons (Fsp3) is 0.304. The summed E-state index contributed by atoms with van der Waals surface area (Å²) in [6, 6.07) is 15.2. The molecular formula is C23H26N4O3S. The van der Waals surface area contributed by atoms with Crippen LogP contribution in [0.4, 0.5) is 0 Å². The summed E-state index contributed by atoms with van der Waals surface area (Å²) in [6.07, 6.45) is 3.18. The van der Waals surface area contributed by atoms with Gasteiger partial charge in [-0.1, -0.05) is 42.0 Å². The minimum absolute atomic E-state index is 0.156. The van der Waals surface area contributed by atoms with Gasteiger partial charge >= 0.3 is 0 Å². The van der Waals surface area contributed by atoms with Crippen LogP contribution in [0, 0.1) is 6.92 Å². The van der Waals surface area contributed by atoms with Gasteiger partial charge in [-0.15, -0.1) is 0 Å². The molecule has 2 aromatic carbocycles. The van der Waals surface area contributed by atoms with E-state index >= 15 is 0 Å². The Morgan fingerprint density at radius 3 is 2.52 bits per heavy atom. The van der Waals surface area contributed by atoms with Gasteiger partial charge in [0.05, 0.1) is 11.4 Å². The standard InChI is InChI=1S/C23H26N4O3S/c1-18-5-7-19(8-6-18)17-26-11-13-27(14-12-26)23(28)16-25-31(29,30)22-4-2-3-20-15-24-10-9-21(20)22/h2-10,15,25H,11-14,16-17H2,1H3. The zero-order valence-electron chi connectivity index (χ0n) is 17.5. The van der Waals surface area contributed by atoms with Crippen LogP contribution in [-0.2, 0) is 21.4 Å². The molecule has 0 radical (unpaired) electrons. The topological polar surface area (TPSA) is 82.6 Å². The van der Waals surface area contributed by atoms with E-state index in [4.69, 9.17) is 0 Å². The maximum atomic E-state index is 12.8. The number of aryl methyl sites for hydroxylation is 1. The van der Waals surface area contributed by atoms with Crippen LogP contribution in [0.25, 0.3) is 10.8 Å². The van der Waals surface area contributed by atoms with Crippen molar-refractivity contribution < 1.29 is 13.2 Å². The number of nitrogens with zero attached hydrogens (tertiary/aromatic N) is 3. The Balaban J connectivity index is 1.32. The van der Waals surface area contributed by atoms with Crippen molar-refractivity contribution in [3.8, 4) is 0 Å². The van der Waals surface area contributed by atoms with Gasteiger partial charge in [0.25, 0.3) is 0 Å². The number of hydrogen-bond donors (Lipinski definition) is 1. The van der Waals surface area contributed by atoms with Gasteiger partial charge in [0.1, 0.15) is 0 Å². The Bertz CT molecular complexity index is 1170. The quantitative estimate of drug-likeness (QED) is 0.638. The third kappa shape index (κ3) is 5.10. The lowest BCUT2D eigenvalue weighted by atomic mass is 10.1. The van der Waals surface area contributed by atoms with Crippen LogP contribution in [-0.4, -0.2) is 61.8 Å². The fourth-order valence-corrected chi connectivity index (χ4v) is 4.98. The molecule has 1 N–H and O–H groups in total. The molecule has 0 unspecified atom stereocenters. The van der Waals surface area contributed by atoms with E-state index in [1.165, 1.54) is 11.1 Å². The highest BCUT2D eigenvalue weighted by Crippen LogP contribution is 2.21. The van der Waals surface area contributed by atoms with E-state index in [1.807, 2.05) is 6.07 Å². The highest BCUT2D eigenvalue weighted by Gasteiger charge is 2.24. The summed E-state index contributed by atoms with van der Waals surface area (Å²) in [5.41, 5.74) is 2.49. The van der Waals surface area contributed by atoms with Crippen molar-refractivity contribution in [1.82, 2.24) is 19.5 Å². The van der Waals surface area contributed by atoms with Crippen LogP contribution >= 0.6 is 0 Å². The second-order valence-electron chi connectivity index (χ2n) is 7.82. The molecule has 3 aromatic rings. The van der Waals surface area contributed by atoms with Gasteiger partial charge in [-0.05, 0) is 24.6 Å². The zero-order chi connectivity index (χ0) is 21.8. The van der Waals surface area contributed by atoms with Crippen LogP contribution in [0.2, 0.25) is 0 Å². The number of piperazine rings is 1. The molecule has 1 saturated heterocycles. The maximum Gasteiger partial charge on any atom is 0.241 e. The number of pyridine rings is 1. The lowest BCUT2D eigenvalue weighted by Crippen LogP contribution is -2.50. The summed E-state index contributed by atoms with van der Waals surface area (Å²) in [6.45, 7) is 5.39. The molecule has 0 saturated carbocycles. The van der Waals surface area contributed by atoms with E-state index in [2.05, 4.69) is 45.8 Å². The van der Waals surface area contributed by atoms with Crippen molar-refractivity contribution in [2.45, 2.75) is 18.4 Å². The molecular weight excluding hydrogens is 412 g/mol. The lowest BCUT2D eigenvalue weighted by Gasteiger charge is -2.34. The summed E-state index contributed by atoms with van der Waals surface area (Å²) in [4.78, 5) is 20.8. The second kappa shape index (κ2) is 9.13. The van der Waals surface area contributed by atoms with Crippen molar-refractivity contribution in [3.05, 3.63) is 72.1 Å². The minimum atomic E-state index is -3.81. The van der Waals surface area contributed by atoms with Crippen molar-refractivity contribution in [2.24, 2.45) is 0 Å². The number of benzene rings is 2. The molecule has 0 atom stereocenters. The van der Waals surface area contributed by atoms with Crippen LogP contribution in [0.1, 0.15) is 11.1 Å². The number of rotatable bonds is 6. The molecule has 0 aliphatic carbocycles. The monoisotopic (exact) mass is 438 g/mol. The van der Waals surface area contributed by atoms with Crippen LogP contribution in [0.15, 0.2) is 65.8 Å². The number of fused-ring (bicyclic) bond motifs is 1. The van der Waals surface area contributed by atoms with Gasteiger partial charge < -0.3 is 4.90 Å². The molecule has 1 amide bonds. The number of aromatic nitrogens is 1. The molecule has 162 valence electrons. The molecule has 31 heavy (non-hydrogen) atoms. The van der Waals surface area contributed by atoms with E-state index in [9.17, 15) is 13.2 Å². The number of sulfonamides is 1. The Morgan fingerprint density at radius 2 is 1.77 bits per heavy atom. The Kier molecular flexibility index (Phi) is 6.31. The van der Waals surface area contributed by atoms with E-state index in [0.717, 1.165) is 25.0 Å². The first-order valence-electron chi connectivity index (χ1n) is 10.3. The SMILES string of the molecule is Cc1ccc(CN2CCN(C(=O)CNS(=O)(=O)c3cccc4cnccc34)CC2)cc1. The van der Waals surface area contributed by atoms with Crippen molar-refractivity contribution in [3.63, 3.8) is 0 Å². The summed E-state index contributed by atoms with van der Waals surface area (Å²) < 4.78 is 28.1. The van der Waals surface area contributed by atoms with E-state index in [-0.39, 0.29) is 17.3 Å². The predicted molar refractivity (Wildman–Crippen MR) is 120 cm³/mol. The van der Waals surface area contributed by atoms with Gasteiger partial charge in [-0.25, -0.2) is 13.1 Å². The maximum absolute atomic E-state index is 12.8. The first-order chi connectivity index (χ1) is 14.9. The van der Waals surface area contributed by atoms with Gasteiger partial charge in [-0.3, -0.25) is 14.7 Å². The molecule has 7 nitrogen and oxygen atoms in total. The number of nitrogens with one attached hydrogen (secondary N) is 1. The van der Waals surface area contributed by atoms with E-state index in [1.54, 1.807) is 35.5 Å². The average Bonchev–Trinajstić information content (AvgIpc) is 2.79. The third-order valence-corrected chi connectivity index (χ3v) is 7.05. The molecule has 0 bridgehead atoms. The summed E-state index contributed by atoms with van der Waals surface area (Å²) in [7, 11) is -3.81. The van der Waals surface area contributed by atoms with Gasteiger partial charge in [0.2, 0.25) is 15.9 Å². The van der Waals surface area contributed by atoms with Crippen LogP contribution in [0.5, 0.6) is 0 Å². The highest BCUT2D eigenvalue weighted by molar-refractivity contribution is 7.89. The molecule has 1 aromatic heterocycles. The summed E-state index contributed by atoms with van der Waals surface area (Å²) in [5.74, 6) is -0.208. The summed E-state index contributed by atoms with van der Waals surface area (Å²) >= 11 is 0. The number of carbonyl (C=O) groups is 1. The van der Waals surface area contributed by atoms with Crippen LogP contribution < -0.4 is 4.72 Å². The molecule has 1 fully saturated rings. The molecule has 1 aliphatic heterocycles. The molecule has 0 spiro atoms. The Labute approximate surface area is 182 Å². The fourth-order valence-electron chi connectivity index (χ4n) is 3.78. The molecule has 8 heteroatoms. The van der Waals surface area contributed by atoms with Crippen molar-refractivity contribution in [2.75, 3.05) is 32.7 Å². The first-order valence-corrected chi connectivity index (χ1v) is 11.8. The number of carbonyl (C=O) groups excluding carboxylic acids is 1. The second-order valence-corrected chi connectivity index (χ2v) is 9.56. The van der Waals surface area contributed by atoms with Gasteiger partial charge in [0, 0.05) is 55.9 Å². The predicted octanol–water partition coefficient (Wildman–Crippen LogP) is 2.17. The van der Waals surface area contributed by atoms with E-state index in [0.29, 0.717) is 18.5 Å². The molecule has 2 heterocycles.